The summed E-state index contributed by atoms with van der Waals surface area (Å²) in [7, 11) is 0. The van der Waals surface area contributed by atoms with E-state index in [0.29, 0.717) is 5.91 Å². The zero-order chi connectivity index (χ0) is 19.9. The fourth-order valence-corrected chi connectivity index (χ4v) is 4.47. The Labute approximate surface area is 169 Å². The number of nitrogens with zero attached hydrogens (tertiary/aromatic N) is 3. The lowest BCUT2D eigenvalue weighted by Gasteiger charge is -2.39. The number of hydrogen-bond acceptors (Lipinski definition) is 3. The highest BCUT2D eigenvalue weighted by Crippen LogP contribution is 2.23. The van der Waals surface area contributed by atoms with Crippen LogP contribution in [0.5, 0.6) is 0 Å². The summed E-state index contributed by atoms with van der Waals surface area (Å²) in [6.45, 7) is 10.1. The van der Waals surface area contributed by atoms with Gasteiger partial charge in [0.25, 0.3) is 0 Å². The van der Waals surface area contributed by atoms with Gasteiger partial charge < -0.3 is 9.80 Å². The molecule has 0 N–H and O–H groups in total. The molecule has 2 aliphatic heterocycles. The minimum absolute atomic E-state index is 0.0893. The van der Waals surface area contributed by atoms with Crippen LogP contribution in [-0.4, -0.2) is 65.8 Å². The standard InChI is InChI=1S/C23H35N3O2/c1-3-20(4-2)22(27)25-12-10-21(11-13-25)23(28)26-16-14-24(15-17-26)18-19-8-6-5-7-9-19/h5-9,20-21H,3-4,10-18H2,1-2H3. The number of carbonyl (C=O) groups is 2. The molecule has 0 radical (unpaired) electrons. The predicted octanol–water partition coefficient (Wildman–Crippen LogP) is 3.01. The quantitative estimate of drug-likeness (QED) is 0.756. The van der Waals surface area contributed by atoms with Crippen molar-refractivity contribution in [3.8, 4) is 0 Å². The van der Waals surface area contributed by atoms with Crippen molar-refractivity contribution in [1.29, 1.82) is 0 Å². The maximum Gasteiger partial charge on any atom is 0.225 e. The number of piperidine rings is 1. The summed E-state index contributed by atoms with van der Waals surface area (Å²) in [6, 6.07) is 10.5. The molecule has 2 saturated heterocycles. The predicted molar refractivity (Wildman–Crippen MR) is 112 cm³/mol. The third-order valence-electron chi connectivity index (χ3n) is 6.42. The molecule has 1 aromatic carbocycles. The summed E-state index contributed by atoms with van der Waals surface area (Å²) < 4.78 is 0. The van der Waals surface area contributed by atoms with Gasteiger partial charge in [-0.1, -0.05) is 44.2 Å². The van der Waals surface area contributed by atoms with Crippen LogP contribution in [0.15, 0.2) is 30.3 Å². The number of carbonyl (C=O) groups excluding carboxylic acids is 2. The van der Waals surface area contributed by atoms with Crippen molar-refractivity contribution in [3.63, 3.8) is 0 Å². The van der Waals surface area contributed by atoms with E-state index in [9.17, 15) is 9.59 Å². The lowest BCUT2D eigenvalue weighted by molar-refractivity contribution is -0.143. The van der Waals surface area contributed by atoms with Crippen molar-refractivity contribution in [3.05, 3.63) is 35.9 Å². The fourth-order valence-electron chi connectivity index (χ4n) is 4.47. The Balaban J connectivity index is 1.43. The van der Waals surface area contributed by atoms with Gasteiger partial charge in [0.15, 0.2) is 0 Å². The first-order valence-electron chi connectivity index (χ1n) is 11.0. The Bertz CT molecular complexity index is 629. The summed E-state index contributed by atoms with van der Waals surface area (Å²) in [5.41, 5.74) is 1.33. The molecule has 5 heteroatoms. The SMILES string of the molecule is CCC(CC)C(=O)N1CCC(C(=O)N2CCN(Cc3ccccc3)CC2)CC1. The first-order chi connectivity index (χ1) is 13.6. The van der Waals surface area contributed by atoms with Crippen LogP contribution in [0.3, 0.4) is 0 Å². The first-order valence-corrected chi connectivity index (χ1v) is 11.0. The van der Waals surface area contributed by atoms with Gasteiger partial charge in [-0.3, -0.25) is 14.5 Å². The molecule has 0 saturated carbocycles. The van der Waals surface area contributed by atoms with Crippen molar-refractivity contribution in [2.75, 3.05) is 39.3 Å². The summed E-state index contributed by atoms with van der Waals surface area (Å²) in [5.74, 6) is 0.816. The molecule has 2 amide bonds. The molecule has 2 aliphatic rings. The molecule has 0 atom stereocenters. The molecule has 154 valence electrons. The average Bonchev–Trinajstić information content (AvgIpc) is 2.75. The average molecular weight is 386 g/mol. The Morgan fingerprint density at radius 3 is 2.07 bits per heavy atom. The summed E-state index contributed by atoms with van der Waals surface area (Å²) in [4.78, 5) is 32.0. The van der Waals surface area contributed by atoms with Crippen LogP contribution >= 0.6 is 0 Å². The third kappa shape index (κ3) is 5.13. The highest BCUT2D eigenvalue weighted by atomic mass is 16.2. The van der Waals surface area contributed by atoms with Gasteiger partial charge in [-0.05, 0) is 31.2 Å². The maximum absolute atomic E-state index is 12.9. The van der Waals surface area contributed by atoms with Gasteiger partial charge in [-0.25, -0.2) is 0 Å². The molecular formula is C23H35N3O2. The highest BCUT2D eigenvalue weighted by Gasteiger charge is 2.32. The van der Waals surface area contributed by atoms with E-state index in [-0.39, 0.29) is 17.7 Å². The van der Waals surface area contributed by atoms with Crippen molar-refractivity contribution in [2.45, 2.75) is 46.1 Å². The van der Waals surface area contributed by atoms with Gasteiger partial charge in [0.05, 0.1) is 0 Å². The fraction of sp³-hybridized carbons (Fsp3) is 0.652. The van der Waals surface area contributed by atoms with E-state index >= 15 is 0 Å². The van der Waals surface area contributed by atoms with Crippen LogP contribution in [-0.2, 0) is 16.1 Å². The zero-order valence-corrected chi connectivity index (χ0v) is 17.5. The number of likely N-dealkylation sites (tertiary alicyclic amines) is 1. The highest BCUT2D eigenvalue weighted by molar-refractivity contribution is 5.81. The topological polar surface area (TPSA) is 43.9 Å². The second kappa shape index (κ2) is 10.1. The minimum atomic E-state index is 0.0893. The summed E-state index contributed by atoms with van der Waals surface area (Å²) in [5, 5.41) is 0. The molecule has 2 fully saturated rings. The van der Waals surface area contributed by atoms with Gasteiger partial charge in [0, 0.05) is 57.6 Å². The normalized spacial score (nSPS) is 19.2. The van der Waals surface area contributed by atoms with Gasteiger partial charge in [0.2, 0.25) is 11.8 Å². The van der Waals surface area contributed by atoms with Crippen molar-refractivity contribution in [1.82, 2.24) is 14.7 Å². The van der Waals surface area contributed by atoms with Crippen molar-refractivity contribution >= 4 is 11.8 Å². The van der Waals surface area contributed by atoms with Crippen LogP contribution in [0.4, 0.5) is 0 Å². The van der Waals surface area contributed by atoms with E-state index in [2.05, 4.69) is 43.0 Å². The zero-order valence-electron chi connectivity index (χ0n) is 17.5. The first kappa shape index (κ1) is 20.8. The number of piperazine rings is 1. The summed E-state index contributed by atoms with van der Waals surface area (Å²) in [6.07, 6.45) is 3.44. The van der Waals surface area contributed by atoms with E-state index in [4.69, 9.17) is 0 Å². The van der Waals surface area contributed by atoms with Crippen molar-refractivity contribution < 1.29 is 9.59 Å². The van der Waals surface area contributed by atoms with Crippen LogP contribution in [0.1, 0.15) is 45.1 Å². The van der Waals surface area contributed by atoms with Gasteiger partial charge in [-0.15, -0.1) is 0 Å². The lowest BCUT2D eigenvalue weighted by atomic mass is 9.93. The molecule has 0 unspecified atom stereocenters. The van der Waals surface area contributed by atoms with Crippen molar-refractivity contribution in [2.24, 2.45) is 11.8 Å². The second-order valence-electron chi connectivity index (χ2n) is 8.20. The largest absolute Gasteiger partial charge is 0.342 e. The molecule has 0 aliphatic carbocycles. The molecule has 1 aromatic rings. The van der Waals surface area contributed by atoms with Gasteiger partial charge in [0.1, 0.15) is 0 Å². The Hall–Kier alpha value is -1.88. The van der Waals surface area contributed by atoms with Gasteiger partial charge in [-0.2, -0.15) is 0 Å². The number of benzene rings is 1. The number of amides is 2. The number of rotatable bonds is 6. The smallest absolute Gasteiger partial charge is 0.225 e. The summed E-state index contributed by atoms with van der Waals surface area (Å²) >= 11 is 0. The van der Waals surface area contributed by atoms with E-state index in [1.165, 1.54) is 5.56 Å². The van der Waals surface area contributed by atoms with Gasteiger partial charge >= 0.3 is 0 Å². The van der Waals surface area contributed by atoms with E-state index in [1.807, 2.05) is 15.9 Å². The van der Waals surface area contributed by atoms with Crippen LogP contribution in [0, 0.1) is 11.8 Å². The Morgan fingerprint density at radius 1 is 0.893 bits per heavy atom. The third-order valence-corrected chi connectivity index (χ3v) is 6.42. The van der Waals surface area contributed by atoms with Crippen LogP contribution in [0.25, 0.3) is 0 Å². The monoisotopic (exact) mass is 385 g/mol. The lowest BCUT2D eigenvalue weighted by Crippen LogP contribution is -2.52. The number of hydrogen-bond donors (Lipinski definition) is 0. The molecule has 0 spiro atoms. The Kier molecular flexibility index (Phi) is 7.49. The molecule has 0 bridgehead atoms. The molecule has 2 heterocycles. The van der Waals surface area contributed by atoms with E-state index in [0.717, 1.165) is 71.5 Å². The molecule has 5 nitrogen and oxygen atoms in total. The molecule has 28 heavy (non-hydrogen) atoms. The minimum Gasteiger partial charge on any atom is -0.342 e. The van der Waals surface area contributed by atoms with E-state index in [1.54, 1.807) is 0 Å². The molecular weight excluding hydrogens is 350 g/mol. The Morgan fingerprint density at radius 2 is 1.50 bits per heavy atom. The van der Waals surface area contributed by atoms with Crippen LogP contribution < -0.4 is 0 Å². The van der Waals surface area contributed by atoms with Crippen LogP contribution in [0.2, 0.25) is 0 Å². The molecule has 0 aromatic heterocycles. The van der Waals surface area contributed by atoms with E-state index < -0.39 is 0 Å². The second-order valence-corrected chi connectivity index (χ2v) is 8.20. The molecule has 3 rings (SSSR count). The maximum atomic E-state index is 12.9.